The molecule has 0 saturated carbocycles. The maximum Gasteiger partial charge on any atom is 0.329 e. The highest BCUT2D eigenvalue weighted by Crippen LogP contribution is 2.24. The Kier molecular flexibility index (Phi) is 5.49. The van der Waals surface area contributed by atoms with Gasteiger partial charge < -0.3 is 10.1 Å². The Bertz CT molecular complexity index is 924. The molecule has 8 heteroatoms. The zero-order valence-electron chi connectivity index (χ0n) is 15.0. The van der Waals surface area contributed by atoms with Crippen molar-refractivity contribution in [3.63, 3.8) is 0 Å². The molecule has 0 unspecified atom stereocenters. The minimum atomic E-state index is -1.19. The van der Waals surface area contributed by atoms with Crippen LogP contribution < -0.4 is 5.32 Å². The molecule has 0 aromatic heterocycles. The summed E-state index contributed by atoms with van der Waals surface area (Å²) in [5, 5.41) is 2.43. The molecule has 7 nitrogen and oxygen atoms in total. The smallest absolute Gasteiger partial charge is 0.329 e. The zero-order valence-corrected chi connectivity index (χ0v) is 15.0. The summed E-state index contributed by atoms with van der Waals surface area (Å²) in [5.74, 6) is -3.16. The Balaban J connectivity index is 1.54. The van der Waals surface area contributed by atoms with E-state index in [1.807, 2.05) is 0 Å². The highest BCUT2D eigenvalue weighted by Gasteiger charge is 2.41. The third-order valence-corrected chi connectivity index (χ3v) is 4.33. The number of benzene rings is 2. The van der Waals surface area contributed by atoms with Crippen LogP contribution in [0.4, 0.5) is 4.39 Å². The molecule has 0 saturated heterocycles. The van der Waals surface area contributed by atoms with Crippen molar-refractivity contribution < 1.29 is 28.3 Å². The molecule has 3 amide bonds. The number of nitrogens with zero attached hydrogens (tertiary/aromatic N) is 1. The molecule has 2 aromatic rings. The lowest BCUT2D eigenvalue weighted by Crippen LogP contribution is -2.44. The second-order valence-corrected chi connectivity index (χ2v) is 6.18. The number of halogens is 1. The Labute approximate surface area is 160 Å². The Morgan fingerprint density at radius 1 is 1.04 bits per heavy atom. The molecule has 0 radical (unpaired) electrons. The van der Waals surface area contributed by atoms with Crippen molar-refractivity contribution in [3.05, 3.63) is 71.0 Å². The average molecular weight is 384 g/mol. The fourth-order valence-electron chi connectivity index (χ4n) is 2.81. The molecule has 0 spiro atoms. The maximum absolute atomic E-state index is 13.5. The zero-order chi connectivity index (χ0) is 20.3. The van der Waals surface area contributed by atoms with E-state index in [0.717, 1.165) is 4.90 Å². The molecule has 1 atom stereocenters. The fraction of sp³-hybridized carbons (Fsp3) is 0.200. The molecule has 3 rings (SSSR count). The summed E-state index contributed by atoms with van der Waals surface area (Å²) in [6.45, 7) is 0.680. The molecule has 0 fully saturated rings. The van der Waals surface area contributed by atoms with Crippen LogP contribution in [0.2, 0.25) is 0 Å². The van der Waals surface area contributed by atoms with Gasteiger partial charge in [0.15, 0.2) is 6.61 Å². The van der Waals surface area contributed by atoms with Crippen molar-refractivity contribution in [2.75, 3.05) is 6.61 Å². The van der Waals surface area contributed by atoms with Gasteiger partial charge in [0.25, 0.3) is 17.7 Å². The summed E-state index contributed by atoms with van der Waals surface area (Å²) in [6, 6.07) is 11.0. The predicted molar refractivity (Wildman–Crippen MR) is 95.6 cm³/mol. The number of carbonyl (C=O) groups excluding carboxylic acids is 4. The summed E-state index contributed by atoms with van der Waals surface area (Å²) >= 11 is 0. The van der Waals surface area contributed by atoms with Crippen LogP contribution in [0.3, 0.4) is 0 Å². The van der Waals surface area contributed by atoms with Crippen LogP contribution in [0.15, 0.2) is 48.5 Å². The highest BCUT2D eigenvalue weighted by atomic mass is 19.1. The van der Waals surface area contributed by atoms with Gasteiger partial charge in [-0.3, -0.25) is 19.3 Å². The van der Waals surface area contributed by atoms with E-state index in [1.165, 1.54) is 37.3 Å². The number of amides is 3. The van der Waals surface area contributed by atoms with Gasteiger partial charge in [-0.05, 0) is 25.1 Å². The van der Waals surface area contributed by atoms with Gasteiger partial charge in [0, 0.05) is 12.1 Å². The van der Waals surface area contributed by atoms with Gasteiger partial charge in [-0.2, -0.15) is 0 Å². The molecule has 0 aliphatic carbocycles. The molecule has 0 bridgehead atoms. The first-order chi connectivity index (χ1) is 13.4. The van der Waals surface area contributed by atoms with Crippen LogP contribution >= 0.6 is 0 Å². The van der Waals surface area contributed by atoms with E-state index in [2.05, 4.69) is 5.32 Å². The number of nitrogens with one attached hydrogen (secondary N) is 1. The van der Waals surface area contributed by atoms with E-state index in [9.17, 15) is 23.6 Å². The molecule has 2 aromatic carbocycles. The average Bonchev–Trinajstić information content (AvgIpc) is 2.95. The summed E-state index contributed by atoms with van der Waals surface area (Å²) in [6.07, 6.45) is 0. The summed E-state index contributed by atoms with van der Waals surface area (Å²) in [7, 11) is 0. The summed E-state index contributed by atoms with van der Waals surface area (Å²) < 4.78 is 18.4. The lowest BCUT2D eigenvalue weighted by Gasteiger charge is -2.20. The van der Waals surface area contributed by atoms with Crippen molar-refractivity contribution in [2.45, 2.75) is 19.5 Å². The van der Waals surface area contributed by atoms with Crippen LogP contribution in [-0.2, 0) is 20.9 Å². The normalized spacial score (nSPS) is 13.9. The van der Waals surface area contributed by atoms with Crippen molar-refractivity contribution in [2.24, 2.45) is 0 Å². The van der Waals surface area contributed by atoms with Gasteiger partial charge in [0.2, 0.25) is 0 Å². The van der Waals surface area contributed by atoms with Crippen molar-refractivity contribution in [1.82, 2.24) is 10.2 Å². The third kappa shape index (κ3) is 3.75. The minimum absolute atomic E-state index is 0.0585. The highest BCUT2D eigenvalue weighted by molar-refractivity contribution is 6.22. The van der Waals surface area contributed by atoms with Gasteiger partial charge in [-0.25, -0.2) is 9.18 Å². The number of hydrogen-bond acceptors (Lipinski definition) is 5. The van der Waals surface area contributed by atoms with Crippen LogP contribution in [0, 0.1) is 5.82 Å². The number of fused-ring (bicyclic) bond motifs is 1. The Morgan fingerprint density at radius 3 is 2.21 bits per heavy atom. The molecule has 28 heavy (non-hydrogen) atoms. The number of esters is 1. The van der Waals surface area contributed by atoms with E-state index in [4.69, 9.17) is 4.74 Å². The van der Waals surface area contributed by atoms with Crippen molar-refractivity contribution >= 4 is 23.7 Å². The number of hydrogen-bond donors (Lipinski definition) is 1. The predicted octanol–water partition coefficient (Wildman–Crippen LogP) is 1.67. The lowest BCUT2D eigenvalue weighted by molar-refractivity contribution is -0.151. The van der Waals surface area contributed by atoms with Crippen LogP contribution in [0.1, 0.15) is 33.2 Å². The minimum Gasteiger partial charge on any atom is -0.454 e. The maximum atomic E-state index is 13.5. The first kappa shape index (κ1) is 19.2. The number of ether oxygens (including phenoxy) is 1. The molecule has 1 heterocycles. The van der Waals surface area contributed by atoms with Gasteiger partial charge in [-0.15, -0.1) is 0 Å². The first-order valence-corrected chi connectivity index (χ1v) is 8.54. The Hall–Kier alpha value is -3.55. The van der Waals surface area contributed by atoms with E-state index in [1.54, 1.807) is 18.2 Å². The van der Waals surface area contributed by atoms with Crippen LogP contribution in [0.25, 0.3) is 0 Å². The third-order valence-electron chi connectivity index (χ3n) is 4.33. The largest absolute Gasteiger partial charge is 0.454 e. The molecular formula is C20H17FN2O5. The van der Waals surface area contributed by atoms with E-state index >= 15 is 0 Å². The van der Waals surface area contributed by atoms with E-state index < -0.39 is 42.2 Å². The summed E-state index contributed by atoms with van der Waals surface area (Å²) in [4.78, 5) is 49.6. The summed E-state index contributed by atoms with van der Waals surface area (Å²) in [5.41, 5.74) is 0.728. The Morgan fingerprint density at radius 2 is 1.61 bits per heavy atom. The molecule has 1 N–H and O–H groups in total. The quantitative estimate of drug-likeness (QED) is 0.604. The molecule has 144 valence electrons. The van der Waals surface area contributed by atoms with Gasteiger partial charge >= 0.3 is 5.97 Å². The topological polar surface area (TPSA) is 92.8 Å². The van der Waals surface area contributed by atoms with Gasteiger partial charge in [-0.1, -0.05) is 30.3 Å². The van der Waals surface area contributed by atoms with E-state index in [-0.39, 0.29) is 17.7 Å². The van der Waals surface area contributed by atoms with Gasteiger partial charge in [0.05, 0.1) is 11.1 Å². The van der Waals surface area contributed by atoms with Gasteiger partial charge in [0.1, 0.15) is 11.9 Å². The van der Waals surface area contributed by atoms with Crippen LogP contribution in [0.5, 0.6) is 0 Å². The molecular weight excluding hydrogens is 367 g/mol. The monoisotopic (exact) mass is 384 g/mol. The number of carbonyl (C=O) groups is 4. The number of imide groups is 1. The second-order valence-electron chi connectivity index (χ2n) is 6.18. The van der Waals surface area contributed by atoms with E-state index in [0.29, 0.717) is 5.56 Å². The lowest BCUT2D eigenvalue weighted by atomic mass is 10.1. The standard InChI is InChI=1S/C20H17FN2O5/c1-12(23-18(25)14-7-3-4-8-15(14)19(23)26)20(27)28-11-17(24)22-10-13-6-2-5-9-16(13)21/h2-9,12H,10-11H2,1H3,(H,22,24)/t12-/m1/s1. The SMILES string of the molecule is C[C@H](C(=O)OCC(=O)NCc1ccccc1F)N1C(=O)c2ccccc2C1=O. The van der Waals surface area contributed by atoms with Crippen molar-refractivity contribution in [3.8, 4) is 0 Å². The number of rotatable bonds is 6. The fourth-order valence-corrected chi connectivity index (χ4v) is 2.81. The molecule has 1 aliphatic rings. The second kappa shape index (κ2) is 7.99. The molecule has 1 aliphatic heterocycles. The van der Waals surface area contributed by atoms with Crippen LogP contribution in [-0.4, -0.2) is 41.2 Å². The van der Waals surface area contributed by atoms with Crippen molar-refractivity contribution in [1.29, 1.82) is 0 Å². The first-order valence-electron chi connectivity index (χ1n) is 8.54.